The van der Waals surface area contributed by atoms with Crippen molar-refractivity contribution in [3.8, 4) is 0 Å². The number of benzene rings is 2. The number of hydrogen-bond donors (Lipinski definition) is 0. The van der Waals surface area contributed by atoms with Gasteiger partial charge in [-0.05, 0) is 61.4 Å². The van der Waals surface area contributed by atoms with Crippen LogP contribution in [-0.2, 0) is 4.74 Å². The predicted molar refractivity (Wildman–Crippen MR) is 117 cm³/mol. The molecule has 1 aliphatic heterocycles. The second kappa shape index (κ2) is 9.79. The Morgan fingerprint density at radius 3 is 2.35 bits per heavy atom. The van der Waals surface area contributed by atoms with Gasteiger partial charge in [-0.15, -0.1) is 0 Å². The van der Waals surface area contributed by atoms with E-state index in [1.807, 2.05) is 4.90 Å². The molecule has 7 heteroatoms. The molecule has 1 heterocycles. The molecule has 0 aromatic heterocycles. The Kier molecular flexibility index (Phi) is 6.88. The molecule has 1 saturated heterocycles. The average Bonchev–Trinajstić information content (AvgIpc) is 3.32. The summed E-state index contributed by atoms with van der Waals surface area (Å²) in [6.07, 6.45) is 3.81. The van der Waals surface area contributed by atoms with Crippen LogP contribution in [-0.4, -0.2) is 60.0 Å². The molecule has 1 aliphatic carbocycles. The molecule has 2 aromatic rings. The fourth-order valence-corrected chi connectivity index (χ4v) is 4.51. The molecule has 5 nitrogen and oxygen atoms in total. The van der Waals surface area contributed by atoms with Crippen molar-refractivity contribution in [3.05, 3.63) is 70.5 Å². The molecule has 1 saturated carbocycles. The average molecular weight is 445 g/mol. The van der Waals surface area contributed by atoms with E-state index in [1.54, 1.807) is 29.2 Å². The Hall–Kier alpha value is -2.44. The zero-order valence-corrected chi connectivity index (χ0v) is 18.1. The maximum Gasteiger partial charge on any atom is 0.254 e. The molecular weight excluding hydrogens is 419 g/mol. The summed E-state index contributed by atoms with van der Waals surface area (Å²) >= 11 is 5.93. The van der Waals surface area contributed by atoms with Crippen LogP contribution in [0.1, 0.15) is 46.4 Å². The quantitative estimate of drug-likeness (QED) is 0.686. The first-order valence-electron chi connectivity index (χ1n) is 10.7. The van der Waals surface area contributed by atoms with Crippen LogP contribution in [0.25, 0.3) is 0 Å². The number of amides is 2. The van der Waals surface area contributed by atoms with Crippen molar-refractivity contribution < 1.29 is 18.7 Å². The summed E-state index contributed by atoms with van der Waals surface area (Å²) in [7, 11) is 0. The van der Waals surface area contributed by atoms with Gasteiger partial charge in [-0.1, -0.05) is 24.4 Å². The van der Waals surface area contributed by atoms with E-state index in [0.29, 0.717) is 42.4 Å². The van der Waals surface area contributed by atoms with Gasteiger partial charge in [0, 0.05) is 41.8 Å². The molecule has 31 heavy (non-hydrogen) atoms. The Labute approximate surface area is 186 Å². The van der Waals surface area contributed by atoms with Gasteiger partial charge >= 0.3 is 0 Å². The maximum absolute atomic E-state index is 13.3. The van der Waals surface area contributed by atoms with Gasteiger partial charge < -0.3 is 14.5 Å². The summed E-state index contributed by atoms with van der Waals surface area (Å²) in [5.41, 5.74) is 1.05. The van der Waals surface area contributed by atoms with Gasteiger partial charge in [-0.3, -0.25) is 9.59 Å². The lowest BCUT2D eigenvalue weighted by Gasteiger charge is -2.38. The molecule has 164 valence electrons. The normalized spacial score (nSPS) is 19.4. The van der Waals surface area contributed by atoms with Crippen LogP contribution >= 0.6 is 11.6 Å². The predicted octanol–water partition coefficient (Wildman–Crippen LogP) is 4.41. The second-order valence-corrected chi connectivity index (χ2v) is 8.59. The number of morpholine rings is 1. The van der Waals surface area contributed by atoms with Gasteiger partial charge in [0.1, 0.15) is 5.82 Å². The molecule has 0 N–H and O–H groups in total. The first-order chi connectivity index (χ1) is 15.0. The number of carbonyl (C=O) groups is 2. The first-order valence-corrected chi connectivity index (χ1v) is 11.1. The Balaban J connectivity index is 1.47. The molecule has 2 amide bonds. The smallest absolute Gasteiger partial charge is 0.254 e. The highest BCUT2D eigenvalue weighted by atomic mass is 35.5. The summed E-state index contributed by atoms with van der Waals surface area (Å²) in [6.45, 7) is 1.76. The van der Waals surface area contributed by atoms with E-state index in [4.69, 9.17) is 16.3 Å². The molecule has 2 fully saturated rings. The van der Waals surface area contributed by atoms with Gasteiger partial charge in [-0.2, -0.15) is 0 Å². The number of rotatable bonds is 5. The Morgan fingerprint density at radius 2 is 1.68 bits per heavy atom. The third kappa shape index (κ3) is 5.25. The van der Waals surface area contributed by atoms with Crippen molar-refractivity contribution >= 4 is 23.4 Å². The summed E-state index contributed by atoms with van der Waals surface area (Å²) in [5, 5.41) is 0.586. The minimum Gasteiger partial charge on any atom is -0.373 e. The van der Waals surface area contributed by atoms with Gasteiger partial charge in [0.15, 0.2) is 0 Å². The van der Waals surface area contributed by atoms with Gasteiger partial charge in [-0.25, -0.2) is 4.39 Å². The molecule has 0 spiro atoms. The molecule has 4 rings (SSSR count). The molecular formula is C24H26ClFN2O3. The minimum atomic E-state index is -0.365. The van der Waals surface area contributed by atoms with E-state index in [-0.39, 0.29) is 29.8 Å². The highest BCUT2D eigenvalue weighted by molar-refractivity contribution is 6.30. The monoisotopic (exact) mass is 444 g/mol. The summed E-state index contributed by atoms with van der Waals surface area (Å²) in [6, 6.07) is 12.7. The maximum atomic E-state index is 13.3. The zero-order valence-electron chi connectivity index (χ0n) is 17.3. The fourth-order valence-electron chi connectivity index (χ4n) is 4.38. The lowest BCUT2D eigenvalue weighted by atomic mass is 10.1. The lowest BCUT2D eigenvalue weighted by molar-refractivity contribution is -0.0370. The van der Waals surface area contributed by atoms with Crippen LogP contribution in [0.15, 0.2) is 48.5 Å². The Morgan fingerprint density at radius 1 is 1.03 bits per heavy atom. The van der Waals surface area contributed by atoms with Crippen molar-refractivity contribution in [2.45, 2.75) is 37.8 Å². The first kappa shape index (κ1) is 21.8. The molecule has 1 unspecified atom stereocenters. The highest BCUT2D eigenvalue weighted by Crippen LogP contribution is 2.26. The van der Waals surface area contributed by atoms with Crippen LogP contribution in [0.5, 0.6) is 0 Å². The summed E-state index contributed by atoms with van der Waals surface area (Å²) in [5.74, 6) is -0.546. The molecule has 1 atom stereocenters. The van der Waals surface area contributed by atoms with E-state index in [9.17, 15) is 14.0 Å². The molecule has 2 aromatic carbocycles. The third-order valence-corrected chi connectivity index (χ3v) is 6.29. The highest BCUT2D eigenvalue weighted by Gasteiger charge is 2.33. The van der Waals surface area contributed by atoms with Gasteiger partial charge in [0.05, 0.1) is 12.7 Å². The second-order valence-electron chi connectivity index (χ2n) is 8.15. The number of hydrogen-bond acceptors (Lipinski definition) is 3. The van der Waals surface area contributed by atoms with Gasteiger partial charge in [0.2, 0.25) is 0 Å². The van der Waals surface area contributed by atoms with Crippen LogP contribution in [0.2, 0.25) is 5.02 Å². The van der Waals surface area contributed by atoms with E-state index < -0.39 is 0 Å². The lowest BCUT2D eigenvalue weighted by Crippen LogP contribution is -2.52. The van der Waals surface area contributed by atoms with E-state index >= 15 is 0 Å². The van der Waals surface area contributed by atoms with E-state index in [0.717, 1.165) is 25.7 Å². The van der Waals surface area contributed by atoms with Crippen LogP contribution in [0.4, 0.5) is 4.39 Å². The number of nitrogens with zero attached hydrogens (tertiary/aromatic N) is 2. The SMILES string of the molecule is O=C(c1ccc(Cl)cc1)N1CCOC(CN(C(=O)c2ccc(F)cc2)C2CCCC2)C1. The molecule has 0 bridgehead atoms. The Bertz CT molecular complexity index is 913. The summed E-state index contributed by atoms with van der Waals surface area (Å²) in [4.78, 5) is 29.8. The molecule has 0 radical (unpaired) electrons. The standard InChI is InChI=1S/C24H26ClFN2O3/c25-19-9-5-17(6-10-19)23(29)27-13-14-31-22(15-27)16-28(21-3-1-2-4-21)24(30)18-7-11-20(26)12-8-18/h5-12,21-22H,1-4,13-16H2. The van der Waals surface area contributed by atoms with Crippen molar-refractivity contribution in [3.63, 3.8) is 0 Å². The summed E-state index contributed by atoms with van der Waals surface area (Å²) < 4.78 is 19.3. The number of halogens is 2. The van der Waals surface area contributed by atoms with Crippen molar-refractivity contribution in [1.29, 1.82) is 0 Å². The van der Waals surface area contributed by atoms with Crippen molar-refractivity contribution in [1.82, 2.24) is 9.80 Å². The number of carbonyl (C=O) groups excluding carboxylic acids is 2. The van der Waals surface area contributed by atoms with Crippen LogP contribution in [0.3, 0.4) is 0 Å². The van der Waals surface area contributed by atoms with Crippen LogP contribution in [0, 0.1) is 5.82 Å². The van der Waals surface area contributed by atoms with Crippen molar-refractivity contribution in [2.24, 2.45) is 0 Å². The zero-order chi connectivity index (χ0) is 21.8. The number of ether oxygens (including phenoxy) is 1. The van der Waals surface area contributed by atoms with Crippen LogP contribution < -0.4 is 0 Å². The van der Waals surface area contributed by atoms with E-state index in [2.05, 4.69) is 0 Å². The van der Waals surface area contributed by atoms with Crippen molar-refractivity contribution in [2.75, 3.05) is 26.2 Å². The fraction of sp³-hybridized carbons (Fsp3) is 0.417. The molecule has 2 aliphatic rings. The third-order valence-electron chi connectivity index (χ3n) is 6.03. The van der Waals surface area contributed by atoms with E-state index in [1.165, 1.54) is 24.3 Å². The topological polar surface area (TPSA) is 49.9 Å². The largest absolute Gasteiger partial charge is 0.373 e. The van der Waals surface area contributed by atoms with Gasteiger partial charge in [0.25, 0.3) is 11.8 Å². The minimum absolute atomic E-state index is 0.0674.